The lowest BCUT2D eigenvalue weighted by molar-refractivity contribution is -0.141. The number of nitrogens with zero attached hydrogens (tertiary/aromatic N) is 1. The van der Waals surface area contributed by atoms with Gasteiger partial charge < -0.3 is 15.0 Å². The Kier molecular flexibility index (Phi) is 6.91. The number of halogens is 2. The van der Waals surface area contributed by atoms with Crippen LogP contribution in [0.25, 0.3) is 0 Å². The largest absolute Gasteiger partial charge is 0.480 e. The van der Waals surface area contributed by atoms with Crippen molar-refractivity contribution in [1.82, 2.24) is 4.90 Å². The number of carbonyl (C=O) groups excluding carboxylic acids is 2. The predicted octanol–water partition coefficient (Wildman–Crippen LogP) is 5.87. The summed E-state index contributed by atoms with van der Waals surface area (Å²) in [6.07, 6.45) is 0.585. The van der Waals surface area contributed by atoms with Gasteiger partial charge in [0.15, 0.2) is 6.10 Å². The van der Waals surface area contributed by atoms with Gasteiger partial charge in [0, 0.05) is 11.3 Å². The molecule has 4 rings (SSSR count). The van der Waals surface area contributed by atoms with Crippen LogP contribution in [0, 0.1) is 11.6 Å². The van der Waals surface area contributed by atoms with Gasteiger partial charge in [-0.05, 0) is 48.7 Å². The third-order valence-corrected chi connectivity index (χ3v) is 5.99. The number of ether oxygens (including phenoxy) is 1. The molecule has 5 nitrogen and oxygen atoms in total. The first kappa shape index (κ1) is 23.4. The van der Waals surface area contributed by atoms with E-state index in [0.29, 0.717) is 29.8 Å². The lowest BCUT2D eigenvalue weighted by Gasteiger charge is -2.32. The monoisotopic (exact) mass is 464 g/mol. The first-order valence-electron chi connectivity index (χ1n) is 11.3. The van der Waals surface area contributed by atoms with Crippen molar-refractivity contribution in [2.75, 3.05) is 5.32 Å². The second-order valence-electron chi connectivity index (χ2n) is 8.19. The van der Waals surface area contributed by atoms with Crippen molar-refractivity contribution in [3.05, 3.63) is 95.1 Å². The van der Waals surface area contributed by atoms with E-state index < -0.39 is 29.2 Å². The van der Waals surface area contributed by atoms with Gasteiger partial charge in [-0.1, -0.05) is 50.2 Å². The minimum absolute atomic E-state index is 0.103. The molecule has 0 aromatic heterocycles. The summed E-state index contributed by atoms with van der Waals surface area (Å²) in [5, 5.41) is 2.56. The van der Waals surface area contributed by atoms with Gasteiger partial charge in [-0.3, -0.25) is 9.59 Å². The van der Waals surface area contributed by atoms with Crippen LogP contribution in [0.2, 0.25) is 0 Å². The maximum Gasteiger partial charge on any atom is 0.264 e. The number of hydrogen-bond donors (Lipinski definition) is 1. The molecule has 1 aliphatic heterocycles. The Labute approximate surface area is 197 Å². The number of anilines is 1. The summed E-state index contributed by atoms with van der Waals surface area (Å²) in [4.78, 5) is 27.8. The molecule has 1 heterocycles. The van der Waals surface area contributed by atoms with E-state index in [9.17, 15) is 18.4 Å². The Hall–Kier alpha value is -3.74. The molecule has 0 spiro atoms. The molecular formula is C27H26F2N2O3. The zero-order valence-electron chi connectivity index (χ0n) is 19.1. The molecule has 1 N–H and O–H groups in total. The molecule has 34 heavy (non-hydrogen) atoms. The second-order valence-corrected chi connectivity index (χ2v) is 8.19. The number of fused-ring (bicyclic) bond motifs is 1. The second kappa shape index (κ2) is 10.0. The van der Waals surface area contributed by atoms with Crippen molar-refractivity contribution in [1.29, 1.82) is 0 Å². The fraction of sp³-hybridized carbons (Fsp3) is 0.259. The minimum Gasteiger partial charge on any atom is -0.480 e. The summed E-state index contributed by atoms with van der Waals surface area (Å²) in [5.74, 6) is -2.33. The van der Waals surface area contributed by atoms with Gasteiger partial charge in [0.25, 0.3) is 11.8 Å². The van der Waals surface area contributed by atoms with Crippen molar-refractivity contribution < 1.29 is 23.1 Å². The number of benzene rings is 3. The van der Waals surface area contributed by atoms with Crippen LogP contribution in [-0.2, 0) is 11.3 Å². The van der Waals surface area contributed by atoms with Crippen molar-refractivity contribution >= 4 is 17.5 Å². The molecule has 1 aliphatic rings. The van der Waals surface area contributed by atoms with Crippen LogP contribution in [0.5, 0.6) is 5.75 Å². The highest BCUT2D eigenvalue weighted by Gasteiger charge is 2.34. The molecule has 0 saturated heterocycles. The SMILES string of the molecule is CC[C@H](c1ccccc1)N1Cc2cc(NC(=O)c3c(F)cccc3F)ccc2O[C@H](CC)C1=O. The molecule has 0 radical (unpaired) electrons. The number of amides is 2. The fourth-order valence-corrected chi connectivity index (χ4v) is 4.29. The van der Waals surface area contributed by atoms with Gasteiger partial charge in [-0.25, -0.2) is 8.78 Å². The number of carbonyl (C=O) groups is 2. The highest BCUT2D eigenvalue weighted by molar-refractivity contribution is 6.04. The van der Waals surface area contributed by atoms with Gasteiger partial charge in [0.1, 0.15) is 22.9 Å². The van der Waals surface area contributed by atoms with Crippen molar-refractivity contribution in [2.45, 2.75) is 45.4 Å². The van der Waals surface area contributed by atoms with Crippen LogP contribution < -0.4 is 10.1 Å². The average Bonchev–Trinajstić information content (AvgIpc) is 2.96. The number of hydrogen-bond acceptors (Lipinski definition) is 3. The summed E-state index contributed by atoms with van der Waals surface area (Å²) in [7, 11) is 0. The van der Waals surface area contributed by atoms with Crippen LogP contribution in [0.1, 0.15) is 54.2 Å². The molecule has 0 bridgehead atoms. The Bertz CT molecular complexity index is 1180. The van der Waals surface area contributed by atoms with Crippen molar-refractivity contribution in [3.8, 4) is 5.75 Å². The van der Waals surface area contributed by atoms with Crippen molar-refractivity contribution in [2.24, 2.45) is 0 Å². The van der Waals surface area contributed by atoms with E-state index in [2.05, 4.69) is 5.32 Å². The van der Waals surface area contributed by atoms with E-state index in [0.717, 1.165) is 17.7 Å². The smallest absolute Gasteiger partial charge is 0.264 e. The maximum absolute atomic E-state index is 14.0. The lowest BCUT2D eigenvalue weighted by Crippen LogP contribution is -2.41. The molecule has 7 heteroatoms. The maximum atomic E-state index is 14.0. The molecular weight excluding hydrogens is 438 g/mol. The molecule has 0 unspecified atom stereocenters. The van der Waals surface area contributed by atoms with Crippen LogP contribution in [0.4, 0.5) is 14.5 Å². The fourth-order valence-electron chi connectivity index (χ4n) is 4.29. The summed E-state index contributed by atoms with van der Waals surface area (Å²) in [5.41, 5.74) is 1.43. The molecule has 2 atom stereocenters. The van der Waals surface area contributed by atoms with Crippen LogP contribution in [0.3, 0.4) is 0 Å². The lowest BCUT2D eigenvalue weighted by atomic mass is 10.0. The molecule has 3 aromatic rings. The molecule has 0 fully saturated rings. The van der Waals surface area contributed by atoms with E-state index in [1.54, 1.807) is 23.1 Å². The number of rotatable bonds is 6. The van der Waals surface area contributed by atoms with E-state index in [1.165, 1.54) is 6.07 Å². The number of nitrogens with one attached hydrogen (secondary N) is 1. The Morgan fingerprint density at radius 1 is 1.06 bits per heavy atom. The van der Waals surface area contributed by atoms with E-state index in [4.69, 9.17) is 4.74 Å². The summed E-state index contributed by atoms with van der Waals surface area (Å²) < 4.78 is 34.1. The van der Waals surface area contributed by atoms with E-state index in [1.807, 2.05) is 44.2 Å². The molecule has 176 valence electrons. The standard InChI is InChI=1S/C27H26F2N2O3/c1-3-22(17-9-6-5-7-10-17)31-16-18-15-19(13-14-24(18)34-23(4-2)27(31)33)30-26(32)25-20(28)11-8-12-21(25)29/h5-15,22-23H,3-4,16H2,1-2H3,(H,30,32)/t22-,23-/m1/s1. The third kappa shape index (κ3) is 4.64. The van der Waals surface area contributed by atoms with Crippen LogP contribution in [-0.4, -0.2) is 22.8 Å². The average molecular weight is 465 g/mol. The molecule has 0 aliphatic carbocycles. The topological polar surface area (TPSA) is 58.6 Å². The van der Waals surface area contributed by atoms with Crippen LogP contribution >= 0.6 is 0 Å². The first-order chi connectivity index (χ1) is 16.4. The first-order valence-corrected chi connectivity index (χ1v) is 11.3. The van der Waals surface area contributed by atoms with Crippen molar-refractivity contribution in [3.63, 3.8) is 0 Å². The van der Waals surface area contributed by atoms with Gasteiger partial charge in [-0.2, -0.15) is 0 Å². The summed E-state index contributed by atoms with van der Waals surface area (Å²) in [6.45, 7) is 4.20. The van der Waals surface area contributed by atoms with Gasteiger partial charge in [0.05, 0.1) is 12.6 Å². The highest BCUT2D eigenvalue weighted by Crippen LogP contribution is 2.35. The molecule has 3 aromatic carbocycles. The minimum atomic E-state index is -0.938. The Balaban J connectivity index is 1.67. The van der Waals surface area contributed by atoms with Gasteiger partial charge >= 0.3 is 0 Å². The quantitative estimate of drug-likeness (QED) is 0.497. The van der Waals surface area contributed by atoms with E-state index in [-0.39, 0.29) is 18.5 Å². The third-order valence-electron chi connectivity index (χ3n) is 5.99. The highest BCUT2D eigenvalue weighted by atomic mass is 19.1. The summed E-state index contributed by atoms with van der Waals surface area (Å²) in [6, 6.07) is 17.9. The Morgan fingerprint density at radius 3 is 2.41 bits per heavy atom. The zero-order chi connectivity index (χ0) is 24.2. The zero-order valence-corrected chi connectivity index (χ0v) is 19.1. The molecule has 0 saturated carbocycles. The van der Waals surface area contributed by atoms with Gasteiger partial charge in [0.2, 0.25) is 0 Å². The van der Waals surface area contributed by atoms with E-state index >= 15 is 0 Å². The normalized spacial score (nSPS) is 16.3. The summed E-state index contributed by atoms with van der Waals surface area (Å²) >= 11 is 0. The predicted molar refractivity (Wildman–Crippen MR) is 125 cm³/mol. The van der Waals surface area contributed by atoms with Crippen LogP contribution in [0.15, 0.2) is 66.7 Å². The molecule has 2 amide bonds. The Morgan fingerprint density at radius 2 is 1.76 bits per heavy atom. The van der Waals surface area contributed by atoms with Gasteiger partial charge in [-0.15, -0.1) is 0 Å².